The summed E-state index contributed by atoms with van der Waals surface area (Å²) in [6, 6.07) is 27.4. The average molecular weight is 521 g/mol. The maximum Gasteiger partial charge on any atom is 0.228 e. The fourth-order valence-electron chi connectivity index (χ4n) is 7.44. The van der Waals surface area contributed by atoms with E-state index in [1.807, 2.05) is 18.2 Å². The van der Waals surface area contributed by atoms with Crippen molar-refractivity contribution in [2.45, 2.75) is 63.1 Å². The Balaban J connectivity index is 1.20. The van der Waals surface area contributed by atoms with Gasteiger partial charge < -0.3 is 9.64 Å². The second-order valence-electron chi connectivity index (χ2n) is 11.7. The van der Waals surface area contributed by atoms with Gasteiger partial charge in [0.25, 0.3) is 0 Å². The van der Waals surface area contributed by atoms with Crippen LogP contribution >= 0.6 is 0 Å². The van der Waals surface area contributed by atoms with Crippen LogP contribution < -0.4 is 0 Å². The predicted molar refractivity (Wildman–Crippen MR) is 151 cm³/mol. The maximum absolute atomic E-state index is 14.3. The molecule has 0 unspecified atom stereocenters. The van der Waals surface area contributed by atoms with Crippen molar-refractivity contribution in [2.24, 2.45) is 16.8 Å². The summed E-state index contributed by atoms with van der Waals surface area (Å²) in [6.07, 6.45) is 4.72. The molecule has 1 spiro atoms. The van der Waals surface area contributed by atoms with Crippen LogP contribution in [-0.4, -0.2) is 51.3 Å². The van der Waals surface area contributed by atoms with Gasteiger partial charge in [-0.3, -0.25) is 19.7 Å². The molecular formula is C33H36N4O2. The molecule has 7 rings (SSSR count). The van der Waals surface area contributed by atoms with Gasteiger partial charge in [0.2, 0.25) is 5.91 Å². The molecule has 2 aromatic carbocycles. The smallest absolute Gasteiger partial charge is 0.228 e. The number of likely N-dealkylation sites (tertiary alicyclic amines) is 2. The SMILES string of the molecule is C[C@H]1[C@@H]2C[C@@]3(O[C@H](c4ccccn4)N=C3C[C@@H]1c1ccccc1)N(C1CCN(Cc3ccccc3)CC1)C2=O. The molecule has 1 amide bonds. The normalized spacial score (nSPS) is 31.2. The first-order valence-corrected chi connectivity index (χ1v) is 14.4. The zero-order valence-corrected chi connectivity index (χ0v) is 22.5. The minimum Gasteiger partial charge on any atom is -0.319 e. The van der Waals surface area contributed by atoms with Gasteiger partial charge in [-0.05, 0) is 54.4 Å². The lowest BCUT2D eigenvalue weighted by atomic mass is 9.77. The molecule has 2 saturated heterocycles. The minimum absolute atomic E-state index is 0.0762. The van der Waals surface area contributed by atoms with E-state index in [1.165, 1.54) is 11.1 Å². The highest BCUT2D eigenvalue weighted by atomic mass is 16.6. The Morgan fingerprint density at radius 2 is 1.64 bits per heavy atom. The quantitative estimate of drug-likeness (QED) is 0.441. The third-order valence-electron chi connectivity index (χ3n) is 9.49. The molecule has 4 aliphatic rings. The molecule has 1 aliphatic carbocycles. The zero-order valence-electron chi connectivity index (χ0n) is 22.5. The van der Waals surface area contributed by atoms with Gasteiger partial charge >= 0.3 is 0 Å². The number of pyridine rings is 1. The summed E-state index contributed by atoms with van der Waals surface area (Å²) in [5.41, 5.74) is 3.69. The molecule has 5 atom stereocenters. The van der Waals surface area contributed by atoms with E-state index >= 15 is 0 Å². The van der Waals surface area contributed by atoms with Crippen LogP contribution in [0, 0.1) is 11.8 Å². The lowest BCUT2D eigenvalue weighted by Crippen LogP contribution is -2.58. The standard InChI is InChI=1S/C33H36N4O2/c1-23-27(25-12-6-3-7-13-25)20-30-33(39-31(35-30)29-14-8-9-17-34-29)21-28(23)32(38)37(33)26-15-18-36(19-16-26)22-24-10-4-2-5-11-24/h2-14,17,23,26-28,31H,15-16,18-22H2,1H3/t23-,27+,28+,31-,33+/m1/s1. The van der Waals surface area contributed by atoms with Crippen molar-refractivity contribution in [2.75, 3.05) is 13.1 Å². The molecule has 1 saturated carbocycles. The minimum atomic E-state index is -0.770. The molecule has 3 aromatic rings. The summed E-state index contributed by atoms with van der Waals surface area (Å²) in [6.45, 7) is 5.17. The summed E-state index contributed by atoms with van der Waals surface area (Å²) in [5, 5.41) is 0. The monoisotopic (exact) mass is 520 g/mol. The van der Waals surface area contributed by atoms with Crippen LogP contribution in [-0.2, 0) is 16.1 Å². The van der Waals surface area contributed by atoms with Crippen molar-refractivity contribution in [3.05, 3.63) is 102 Å². The summed E-state index contributed by atoms with van der Waals surface area (Å²) in [5.74, 6) is 0.624. The maximum atomic E-state index is 14.3. The Hall–Kier alpha value is -3.35. The van der Waals surface area contributed by atoms with Gasteiger partial charge in [-0.1, -0.05) is 73.7 Å². The third kappa shape index (κ3) is 4.30. The van der Waals surface area contributed by atoms with Crippen LogP contribution in [0.3, 0.4) is 0 Å². The van der Waals surface area contributed by atoms with Crippen LogP contribution in [0.2, 0.25) is 0 Å². The van der Waals surface area contributed by atoms with E-state index in [4.69, 9.17) is 9.73 Å². The van der Waals surface area contributed by atoms with Crippen LogP contribution in [0.15, 0.2) is 90.1 Å². The lowest BCUT2D eigenvalue weighted by molar-refractivity contribution is -0.159. The highest BCUT2D eigenvalue weighted by molar-refractivity contribution is 6.01. The fraction of sp³-hybridized carbons (Fsp3) is 0.424. The number of hydrogen-bond acceptors (Lipinski definition) is 5. The molecule has 6 heteroatoms. The van der Waals surface area contributed by atoms with Gasteiger partial charge in [-0.25, -0.2) is 0 Å². The lowest BCUT2D eigenvalue weighted by Gasteiger charge is -2.45. The molecule has 4 heterocycles. The van der Waals surface area contributed by atoms with E-state index in [1.54, 1.807) is 6.20 Å². The number of aliphatic imine (C=N–C) groups is 1. The first kappa shape index (κ1) is 24.7. The predicted octanol–water partition coefficient (Wildman–Crippen LogP) is 5.58. The van der Waals surface area contributed by atoms with Crippen molar-refractivity contribution in [3.8, 4) is 0 Å². The number of fused-ring (bicyclic) bond motifs is 1. The number of carbonyl (C=O) groups excluding carboxylic acids is 1. The van der Waals surface area contributed by atoms with Crippen LogP contribution in [0.5, 0.6) is 0 Å². The molecule has 39 heavy (non-hydrogen) atoms. The van der Waals surface area contributed by atoms with E-state index in [9.17, 15) is 4.79 Å². The van der Waals surface area contributed by atoms with Crippen molar-refractivity contribution in [1.82, 2.24) is 14.8 Å². The summed E-state index contributed by atoms with van der Waals surface area (Å²) < 4.78 is 6.93. The third-order valence-corrected chi connectivity index (χ3v) is 9.49. The Kier molecular flexibility index (Phi) is 6.32. The molecule has 2 bridgehead atoms. The van der Waals surface area contributed by atoms with E-state index in [-0.39, 0.29) is 29.7 Å². The molecule has 3 aliphatic heterocycles. The van der Waals surface area contributed by atoms with Crippen molar-refractivity contribution in [1.29, 1.82) is 0 Å². The highest BCUT2D eigenvalue weighted by Crippen LogP contribution is 2.55. The number of rotatable bonds is 5. The van der Waals surface area contributed by atoms with E-state index in [2.05, 4.69) is 82.4 Å². The Labute approximate surface area is 230 Å². The van der Waals surface area contributed by atoms with Gasteiger partial charge in [-0.2, -0.15) is 0 Å². The van der Waals surface area contributed by atoms with Crippen LogP contribution in [0.4, 0.5) is 0 Å². The van der Waals surface area contributed by atoms with Gasteiger partial charge in [0.15, 0.2) is 12.0 Å². The second-order valence-corrected chi connectivity index (χ2v) is 11.7. The van der Waals surface area contributed by atoms with Crippen molar-refractivity contribution < 1.29 is 9.53 Å². The number of aromatic nitrogens is 1. The van der Waals surface area contributed by atoms with Crippen molar-refractivity contribution >= 4 is 11.6 Å². The van der Waals surface area contributed by atoms with Gasteiger partial charge in [0.05, 0.1) is 11.4 Å². The Bertz CT molecular complexity index is 1340. The molecular weight excluding hydrogens is 484 g/mol. The van der Waals surface area contributed by atoms with Crippen LogP contribution in [0.25, 0.3) is 0 Å². The van der Waals surface area contributed by atoms with E-state index in [0.29, 0.717) is 6.42 Å². The topological polar surface area (TPSA) is 58.0 Å². The van der Waals surface area contributed by atoms with Gasteiger partial charge in [0, 0.05) is 44.2 Å². The van der Waals surface area contributed by atoms with Crippen LogP contribution in [0.1, 0.15) is 61.6 Å². The first-order chi connectivity index (χ1) is 19.1. The molecule has 0 radical (unpaired) electrons. The number of amides is 1. The fourth-order valence-corrected chi connectivity index (χ4v) is 7.44. The second kappa shape index (κ2) is 10.00. The zero-order chi connectivity index (χ0) is 26.4. The number of hydrogen-bond donors (Lipinski definition) is 0. The molecule has 6 nitrogen and oxygen atoms in total. The summed E-state index contributed by atoms with van der Waals surface area (Å²) >= 11 is 0. The highest BCUT2D eigenvalue weighted by Gasteiger charge is 2.64. The average Bonchev–Trinajstić information content (AvgIpc) is 3.45. The molecule has 0 N–H and O–H groups in total. The van der Waals surface area contributed by atoms with Gasteiger partial charge in [-0.15, -0.1) is 0 Å². The number of nitrogens with zero attached hydrogens (tertiary/aromatic N) is 4. The molecule has 3 fully saturated rings. The van der Waals surface area contributed by atoms with E-state index in [0.717, 1.165) is 50.3 Å². The number of piperidine rings is 1. The molecule has 1 aromatic heterocycles. The number of carbonyl (C=O) groups is 1. The van der Waals surface area contributed by atoms with Crippen molar-refractivity contribution in [3.63, 3.8) is 0 Å². The molecule has 200 valence electrons. The first-order valence-electron chi connectivity index (χ1n) is 14.4. The largest absolute Gasteiger partial charge is 0.319 e. The number of ether oxygens (including phenoxy) is 1. The van der Waals surface area contributed by atoms with E-state index < -0.39 is 12.0 Å². The Morgan fingerprint density at radius 1 is 0.923 bits per heavy atom. The Morgan fingerprint density at radius 3 is 2.36 bits per heavy atom. The summed E-state index contributed by atoms with van der Waals surface area (Å²) in [7, 11) is 0. The summed E-state index contributed by atoms with van der Waals surface area (Å²) in [4.78, 5) is 28.8. The number of benzene rings is 2. The van der Waals surface area contributed by atoms with Gasteiger partial charge in [0.1, 0.15) is 0 Å².